The van der Waals surface area contributed by atoms with Gasteiger partial charge in [0, 0.05) is 6.04 Å². The Labute approximate surface area is 109 Å². The smallest absolute Gasteiger partial charge is 0.222 e. The van der Waals surface area contributed by atoms with Crippen molar-refractivity contribution in [1.29, 1.82) is 0 Å². The van der Waals surface area contributed by atoms with Crippen LogP contribution in [0.1, 0.15) is 43.4 Å². The van der Waals surface area contributed by atoms with Crippen LogP contribution in [0.4, 0.5) is 0 Å². The van der Waals surface area contributed by atoms with Crippen LogP contribution in [0.3, 0.4) is 0 Å². The molecule has 0 aliphatic carbocycles. The fourth-order valence-corrected chi connectivity index (χ4v) is 2.78. The molecule has 0 spiro atoms. The van der Waals surface area contributed by atoms with Crippen molar-refractivity contribution in [1.82, 2.24) is 5.32 Å². The summed E-state index contributed by atoms with van der Waals surface area (Å²) in [6.45, 7) is 3.14. The van der Waals surface area contributed by atoms with Crippen LogP contribution in [0.15, 0.2) is 24.3 Å². The van der Waals surface area contributed by atoms with E-state index in [0.29, 0.717) is 0 Å². The van der Waals surface area contributed by atoms with E-state index in [2.05, 4.69) is 36.5 Å². The molecule has 1 aliphatic rings. The summed E-state index contributed by atoms with van der Waals surface area (Å²) in [4.78, 5) is 11.5. The maximum atomic E-state index is 11.5. The Morgan fingerprint density at radius 1 is 1.50 bits per heavy atom. The Hall–Kier alpha value is -1.35. The summed E-state index contributed by atoms with van der Waals surface area (Å²) in [5.74, 6) is -0.260. The van der Waals surface area contributed by atoms with E-state index in [-0.39, 0.29) is 17.9 Å². The molecule has 0 aromatic heterocycles. The maximum Gasteiger partial charge on any atom is 0.222 e. The van der Waals surface area contributed by atoms with Crippen molar-refractivity contribution in [3.8, 4) is 0 Å². The van der Waals surface area contributed by atoms with Gasteiger partial charge in [-0.3, -0.25) is 4.79 Å². The molecule has 2 atom stereocenters. The van der Waals surface area contributed by atoms with Gasteiger partial charge >= 0.3 is 0 Å². The standard InChI is InChI=1S/C15H22N2O/c1-2-5-11-6-3-7-12(10-11)14-13(15(16)18)8-4-9-17-14/h3,6-7,10,13-14,17H,2,4-5,8-9H2,1H3,(H2,16,18). The van der Waals surface area contributed by atoms with Crippen LogP contribution < -0.4 is 11.1 Å². The number of aryl methyl sites for hydroxylation is 1. The summed E-state index contributed by atoms with van der Waals surface area (Å²) in [7, 11) is 0. The molecule has 3 heteroatoms. The van der Waals surface area contributed by atoms with Gasteiger partial charge in [0.05, 0.1) is 5.92 Å². The van der Waals surface area contributed by atoms with Crippen molar-refractivity contribution in [2.45, 2.75) is 38.6 Å². The van der Waals surface area contributed by atoms with Gasteiger partial charge in [-0.25, -0.2) is 0 Å². The van der Waals surface area contributed by atoms with E-state index in [4.69, 9.17) is 5.73 Å². The monoisotopic (exact) mass is 246 g/mol. The van der Waals surface area contributed by atoms with E-state index < -0.39 is 0 Å². The number of benzene rings is 1. The zero-order chi connectivity index (χ0) is 13.0. The van der Waals surface area contributed by atoms with Crippen molar-refractivity contribution in [3.63, 3.8) is 0 Å². The Bertz CT molecular complexity index is 417. The first-order valence-electron chi connectivity index (χ1n) is 6.84. The van der Waals surface area contributed by atoms with E-state index >= 15 is 0 Å². The van der Waals surface area contributed by atoms with Crippen molar-refractivity contribution in [2.75, 3.05) is 6.54 Å². The Kier molecular flexibility index (Phi) is 4.37. The van der Waals surface area contributed by atoms with Gasteiger partial charge in [0.2, 0.25) is 5.91 Å². The topological polar surface area (TPSA) is 55.1 Å². The molecule has 0 saturated carbocycles. The van der Waals surface area contributed by atoms with E-state index in [0.717, 1.165) is 32.2 Å². The molecule has 1 amide bonds. The fourth-order valence-electron chi connectivity index (χ4n) is 2.78. The van der Waals surface area contributed by atoms with Gasteiger partial charge in [-0.15, -0.1) is 0 Å². The highest BCUT2D eigenvalue weighted by Gasteiger charge is 2.30. The molecular formula is C15H22N2O. The molecule has 2 unspecified atom stereocenters. The zero-order valence-corrected chi connectivity index (χ0v) is 11.0. The molecule has 1 fully saturated rings. The van der Waals surface area contributed by atoms with Gasteiger partial charge in [0.15, 0.2) is 0 Å². The number of primary amides is 1. The van der Waals surface area contributed by atoms with Gasteiger partial charge < -0.3 is 11.1 Å². The molecule has 1 aromatic rings. The van der Waals surface area contributed by atoms with Crippen LogP contribution in [-0.4, -0.2) is 12.5 Å². The minimum atomic E-state index is -0.187. The third-order valence-corrected chi connectivity index (χ3v) is 3.67. The molecule has 0 bridgehead atoms. The summed E-state index contributed by atoms with van der Waals surface area (Å²) >= 11 is 0. The molecule has 3 nitrogen and oxygen atoms in total. The van der Waals surface area contributed by atoms with Crippen molar-refractivity contribution in [2.24, 2.45) is 11.7 Å². The molecule has 2 rings (SSSR count). The number of carbonyl (C=O) groups is 1. The van der Waals surface area contributed by atoms with Crippen LogP contribution in [-0.2, 0) is 11.2 Å². The average Bonchev–Trinajstić information content (AvgIpc) is 2.39. The number of nitrogens with two attached hydrogens (primary N) is 1. The highest BCUT2D eigenvalue weighted by Crippen LogP contribution is 2.29. The second kappa shape index (κ2) is 6.01. The van der Waals surface area contributed by atoms with E-state index in [1.54, 1.807) is 0 Å². The van der Waals surface area contributed by atoms with Crippen molar-refractivity contribution in [3.05, 3.63) is 35.4 Å². The van der Waals surface area contributed by atoms with Crippen LogP contribution in [0.2, 0.25) is 0 Å². The number of carbonyl (C=O) groups excluding carboxylic acids is 1. The molecule has 1 saturated heterocycles. The van der Waals surface area contributed by atoms with Crippen LogP contribution in [0.5, 0.6) is 0 Å². The molecule has 1 heterocycles. The van der Waals surface area contributed by atoms with Crippen molar-refractivity contribution < 1.29 is 4.79 Å². The lowest BCUT2D eigenvalue weighted by Crippen LogP contribution is -2.40. The fraction of sp³-hybridized carbons (Fsp3) is 0.533. The van der Waals surface area contributed by atoms with Crippen LogP contribution >= 0.6 is 0 Å². The quantitative estimate of drug-likeness (QED) is 0.855. The summed E-state index contributed by atoms with van der Waals surface area (Å²) in [6, 6.07) is 8.62. The van der Waals surface area contributed by atoms with Crippen LogP contribution in [0.25, 0.3) is 0 Å². The number of piperidine rings is 1. The lowest BCUT2D eigenvalue weighted by atomic mass is 9.85. The SMILES string of the molecule is CCCc1cccc(C2NCCCC2C(N)=O)c1. The first-order valence-corrected chi connectivity index (χ1v) is 6.84. The minimum absolute atomic E-state index is 0.0735. The van der Waals surface area contributed by atoms with Gasteiger partial charge in [0.1, 0.15) is 0 Å². The zero-order valence-electron chi connectivity index (χ0n) is 11.0. The normalized spacial score (nSPS) is 23.8. The number of amides is 1. The number of nitrogens with one attached hydrogen (secondary N) is 1. The largest absolute Gasteiger partial charge is 0.369 e. The number of hydrogen-bond acceptors (Lipinski definition) is 2. The maximum absolute atomic E-state index is 11.5. The van der Waals surface area contributed by atoms with Gasteiger partial charge in [-0.2, -0.15) is 0 Å². The van der Waals surface area contributed by atoms with E-state index in [9.17, 15) is 4.79 Å². The molecule has 98 valence electrons. The first-order chi connectivity index (χ1) is 8.72. The second-order valence-electron chi connectivity index (χ2n) is 5.08. The Morgan fingerprint density at radius 3 is 3.06 bits per heavy atom. The summed E-state index contributed by atoms with van der Waals surface area (Å²) in [5, 5.41) is 3.44. The average molecular weight is 246 g/mol. The lowest BCUT2D eigenvalue weighted by molar-refractivity contribution is -0.123. The Balaban J connectivity index is 2.22. The third-order valence-electron chi connectivity index (χ3n) is 3.67. The predicted octanol–water partition coefficient (Wildman–Crippen LogP) is 2.17. The highest BCUT2D eigenvalue weighted by molar-refractivity contribution is 5.77. The van der Waals surface area contributed by atoms with Gasteiger partial charge in [-0.05, 0) is 36.9 Å². The molecule has 1 aromatic carbocycles. The summed E-state index contributed by atoms with van der Waals surface area (Å²) < 4.78 is 0. The van der Waals surface area contributed by atoms with Gasteiger partial charge in [0.25, 0.3) is 0 Å². The Morgan fingerprint density at radius 2 is 2.33 bits per heavy atom. The highest BCUT2D eigenvalue weighted by atomic mass is 16.1. The van der Waals surface area contributed by atoms with Gasteiger partial charge in [-0.1, -0.05) is 37.6 Å². The number of rotatable bonds is 4. The number of hydrogen-bond donors (Lipinski definition) is 2. The molecule has 0 radical (unpaired) electrons. The molecule has 1 aliphatic heterocycles. The summed E-state index contributed by atoms with van der Waals surface area (Å²) in [6.07, 6.45) is 4.15. The summed E-state index contributed by atoms with van der Waals surface area (Å²) in [5.41, 5.74) is 8.05. The lowest BCUT2D eigenvalue weighted by Gasteiger charge is -2.31. The predicted molar refractivity (Wildman–Crippen MR) is 73.1 cm³/mol. The molecule has 3 N–H and O–H groups in total. The molecular weight excluding hydrogens is 224 g/mol. The van der Waals surface area contributed by atoms with Crippen molar-refractivity contribution >= 4 is 5.91 Å². The molecule has 18 heavy (non-hydrogen) atoms. The second-order valence-corrected chi connectivity index (χ2v) is 5.08. The van der Waals surface area contributed by atoms with E-state index in [1.165, 1.54) is 11.1 Å². The van der Waals surface area contributed by atoms with E-state index in [1.807, 2.05) is 0 Å². The third kappa shape index (κ3) is 2.91. The van der Waals surface area contributed by atoms with Crippen LogP contribution in [0, 0.1) is 5.92 Å². The minimum Gasteiger partial charge on any atom is -0.369 e. The first kappa shape index (κ1) is 13.1.